The van der Waals surface area contributed by atoms with E-state index in [1.54, 1.807) is 0 Å². The highest BCUT2D eigenvalue weighted by Gasteiger charge is 2.24. The Balaban J connectivity index is 2.15. The Bertz CT molecular complexity index is 445. The summed E-state index contributed by atoms with van der Waals surface area (Å²) in [5.41, 5.74) is 3.68. The SMILES string of the molecule is CNCC1CN(c2ccc(C)c(C)c2)CC(=O)N1. The van der Waals surface area contributed by atoms with Gasteiger partial charge < -0.3 is 15.5 Å². The van der Waals surface area contributed by atoms with Crippen LogP contribution in [-0.2, 0) is 4.79 Å². The summed E-state index contributed by atoms with van der Waals surface area (Å²) in [6.07, 6.45) is 0. The van der Waals surface area contributed by atoms with Gasteiger partial charge in [-0.1, -0.05) is 6.07 Å². The first-order chi connectivity index (χ1) is 8.60. The summed E-state index contributed by atoms with van der Waals surface area (Å²) in [4.78, 5) is 13.8. The first-order valence-corrected chi connectivity index (χ1v) is 6.36. The molecule has 1 amide bonds. The number of carbonyl (C=O) groups excluding carboxylic acids is 1. The lowest BCUT2D eigenvalue weighted by molar-refractivity contribution is -0.121. The minimum Gasteiger partial charge on any atom is -0.360 e. The number of rotatable bonds is 3. The Morgan fingerprint density at radius 3 is 2.83 bits per heavy atom. The van der Waals surface area contributed by atoms with Gasteiger partial charge in [0.1, 0.15) is 0 Å². The van der Waals surface area contributed by atoms with Crippen LogP contribution in [0.3, 0.4) is 0 Å². The van der Waals surface area contributed by atoms with Crippen LogP contribution in [0.25, 0.3) is 0 Å². The number of anilines is 1. The van der Waals surface area contributed by atoms with E-state index in [4.69, 9.17) is 0 Å². The fraction of sp³-hybridized carbons (Fsp3) is 0.500. The molecule has 1 fully saturated rings. The molecule has 2 rings (SSSR count). The maximum atomic E-state index is 11.7. The second-order valence-electron chi connectivity index (χ2n) is 4.97. The first kappa shape index (κ1) is 12.9. The van der Waals surface area contributed by atoms with Crippen LogP contribution < -0.4 is 15.5 Å². The number of carbonyl (C=O) groups is 1. The molecule has 0 spiro atoms. The van der Waals surface area contributed by atoms with E-state index in [1.165, 1.54) is 11.1 Å². The summed E-state index contributed by atoms with van der Waals surface area (Å²) in [6, 6.07) is 6.55. The number of piperazine rings is 1. The fourth-order valence-corrected chi connectivity index (χ4v) is 2.30. The molecule has 1 atom stereocenters. The van der Waals surface area contributed by atoms with E-state index in [2.05, 4.69) is 47.6 Å². The third-order valence-electron chi connectivity index (χ3n) is 3.45. The predicted octanol–water partition coefficient (Wildman–Crippen LogP) is 0.828. The van der Waals surface area contributed by atoms with Crippen LogP contribution in [0.2, 0.25) is 0 Å². The number of nitrogens with zero attached hydrogens (tertiary/aromatic N) is 1. The monoisotopic (exact) mass is 247 g/mol. The normalized spacial score (nSPS) is 19.8. The molecule has 98 valence electrons. The first-order valence-electron chi connectivity index (χ1n) is 6.36. The van der Waals surface area contributed by atoms with Crippen molar-refractivity contribution in [2.75, 3.05) is 31.6 Å². The van der Waals surface area contributed by atoms with Gasteiger partial charge in [0.15, 0.2) is 0 Å². The van der Waals surface area contributed by atoms with Crippen molar-refractivity contribution in [1.29, 1.82) is 0 Å². The molecular formula is C14H21N3O. The van der Waals surface area contributed by atoms with Gasteiger partial charge in [-0.15, -0.1) is 0 Å². The number of hydrogen-bond acceptors (Lipinski definition) is 3. The zero-order chi connectivity index (χ0) is 13.1. The third kappa shape index (κ3) is 2.82. The van der Waals surface area contributed by atoms with E-state index >= 15 is 0 Å². The Morgan fingerprint density at radius 2 is 2.17 bits per heavy atom. The quantitative estimate of drug-likeness (QED) is 0.831. The van der Waals surface area contributed by atoms with Crippen molar-refractivity contribution in [2.24, 2.45) is 0 Å². The van der Waals surface area contributed by atoms with E-state index in [-0.39, 0.29) is 11.9 Å². The Morgan fingerprint density at radius 1 is 1.39 bits per heavy atom. The second kappa shape index (κ2) is 5.40. The minimum atomic E-state index is 0.0970. The molecule has 0 bridgehead atoms. The summed E-state index contributed by atoms with van der Waals surface area (Å²) in [5.74, 6) is 0.0970. The van der Waals surface area contributed by atoms with Crippen LogP contribution in [0.1, 0.15) is 11.1 Å². The highest BCUT2D eigenvalue weighted by atomic mass is 16.2. The molecule has 1 heterocycles. The van der Waals surface area contributed by atoms with Crippen molar-refractivity contribution < 1.29 is 4.79 Å². The summed E-state index contributed by atoms with van der Waals surface area (Å²) >= 11 is 0. The lowest BCUT2D eigenvalue weighted by Crippen LogP contribution is -2.57. The number of aryl methyl sites for hydroxylation is 2. The highest BCUT2D eigenvalue weighted by molar-refractivity contribution is 5.83. The molecule has 4 heteroatoms. The lowest BCUT2D eigenvalue weighted by Gasteiger charge is -2.34. The molecule has 4 nitrogen and oxygen atoms in total. The van der Waals surface area contributed by atoms with Crippen molar-refractivity contribution in [3.8, 4) is 0 Å². The summed E-state index contributed by atoms with van der Waals surface area (Å²) in [7, 11) is 1.90. The number of benzene rings is 1. The molecule has 0 aromatic heterocycles. The molecule has 1 aromatic rings. The summed E-state index contributed by atoms with van der Waals surface area (Å²) in [5, 5.41) is 6.11. The summed E-state index contributed by atoms with van der Waals surface area (Å²) in [6.45, 7) is 6.31. The minimum absolute atomic E-state index is 0.0970. The van der Waals surface area contributed by atoms with Crippen molar-refractivity contribution in [1.82, 2.24) is 10.6 Å². The Labute approximate surface area is 108 Å². The topological polar surface area (TPSA) is 44.4 Å². The fourth-order valence-electron chi connectivity index (χ4n) is 2.30. The van der Waals surface area contributed by atoms with Gasteiger partial charge in [0.2, 0.25) is 5.91 Å². The van der Waals surface area contributed by atoms with E-state index in [0.717, 1.165) is 18.8 Å². The van der Waals surface area contributed by atoms with Crippen molar-refractivity contribution in [2.45, 2.75) is 19.9 Å². The molecular weight excluding hydrogens is 226 g/mol. The predicted molar refractivity (Wildman–Crippen MR) is 74.0 cm³/mol. The summed E-state index contributed by atoms with van der Waals surface area (Å²) < 4.78 is 0. The molecule has 0 saturated carbocycles. The molecule has 1 aliphatic rings. The Kier molecular flexibility index (Phi) is 3.87. The van der Waals surface area contributed by atoms with Gasteiger partial charge in [0.25, 0.3) is 0 Å². The van der Waals surface area contributed by atoms with Gasteiger partial charge in [0.05, 0.1) is 12.6 Å². The molecule has 2 N–H and O–H groups in total. The van der Waals surface area contributed by atoms with Crippen LogP contribution in [0.15, 0.2) is 18.2 Å². The Hall–Kier alpha value is -1.55. The largest absolute Gasteiger partial charge is 0.360 e. The van der Waals surface area contributed by atoms with Crippen LogP contribution in [0.4, 0.5) is 5.69 Å². The van der Waals surface area contributed by atoms with Crippen molar-refractivity contribution in [3.63, 3.8) is 0 Å². The third-order valence-corrected chi connectivity index (χ3v) is 3.45. The van der Waals surface area contributed by atoms with Crippen LogP contribution in [0, 0.1) is 13.8 Å². The number of likely N-dealkylation sites (N-methyl/N-ethyl adjacent to an activating group) is 1. The van der Waals surface area contributed by atoms with Gasteiger partial charge in [-0.05, 0) is 44.2 Å². The average molecular weight is 247 g/mol. The molecule has 1 saturated heterocycles. The number of nitrogens with one attached hydrogen (secondary N) is 2. The van der Waals surface area contributed by atoms with Crippen LogP contribution >= 0.6 is 0 Å². The van der Waals surface area contributed by atoms with Crippen molar-refractivity contribution >= 4 is 11.6 Å². The van der Waals surface area contributed by atoms with E-state index < -0.39 is 0 Å². The number of hydrogen-bond donors (Lipinski definition) is 2. The van der Waals surface area contributed by atoms with Gasteiger partial charge >= 0.3 is 0 Å². The zero-order valence-electron chi connectivity index (χ0n) is 11.3. The van der Waals surface area contributed by atoms with Gasteiger partial charge in [-0.2, -0.15) is 0 Å². The second-order valence-corrected chi connectivity index (χ2v) is 4.97. The molecule has 1 aromatic carbocycles. The smallest absolute Gasteiger partial charge is 0.239 e. The van der Waals surface area contributed by atoms with E-state index in [0.29, 0.717) is 6.54 Å². The highest BCUT2D eigenvalue weighted by Crippen LogP contribution is 2.20. The average Bonchev–Trinajstić information content (AvgIpc) is 2.32. The maximum absolute atomic E-state index is 11.7. The standard InChI is InChI=1S/C14H21N3O/c1-10-4-5-13(6-11(10)2)17-8-12(7-15-3)16-14(18)9-17/h4-6,12,15H,7-9H2,1-3H3,(H,16,18). The molecule has 0 aliphatic carbocycles. The van der Waals surface area contributed by atoms with Crippen molar-refractivity contribution in [3.05, 3.63) is 29.3 Å². The maximum Gasteiger partial charge on any atom is 0.239 e. The number of amides is 1. The molecule has 1 aliphatic heterocycles. The van der Waals surface area contributed by atoms with E-state index in [9.17, 15) is 4.79 Å². The molecule has 1 unspecified atom stereocenters. The van der Waals surface area contributed by atoms with Gasteiger partial charge in [-0.25, -0.2) is 0 Å². The molecule has 0 radical (unpaired) electrons. The van der Waals surface area contributed by atoms with Crippen LogP contribution in [0.5, 0.6) is 0 Å². The van der Waals surface area contributed by atoms with E-state index in [1.807, 2.05) is 7.05 Å². The zero-order valence-corrected chi connectivity index (χ0v) is 11.3. The van der Waals surface area contributed by atoms with Gasteiger partial charge in [0, 0.05) is 18.8 Å². The van der Waals surface area contributed by atoms with Gasteiger partial charge in [-0.3, -0.25) is 4.79 Å². The van der Waals surface area contributed by atoms with Crippen LogP contribution in [-0.4, -0.2) is 38.6 Å². The lowest BCUT2D eigenvalue weighted by atomic mass is 10.1. The molecule has 18 heavy (non-hydrogen) atoms.